The zero-order valence-electron chi connectivity index (χ0n) is 14.9. The minimum Gasteiger partial charge on any atom is -0.337 e. The smallest absolute Gasteiger partial charge is 0.241 e. The molecule has 0 spiro atoms. The number of halogens is 1. The van der Waals surface area contributed by atoms with Crippen molar-refractivity contribution in [2.45, 2.75) is 37.8 Å². The van der Waals surface area contributed by atoms with Gasteiger partial charge in [-0.25, -0.2) is 8.42 Å². The Morgan fingerprint density at radius 1 is 1.12 bits per heavy atom. The van der Waals surface area contributed by atoms with Crippen LogP contribution in [0.1, 0.15) is 25.8 Å². The average Bonchev–Trinajstić information content (AvgIpc) is 2.61. The Morgan fingerprint density at radius 3 is 2.31 bits per heavy atom. The molecule has 1 N–H and O–H groups in total. The molecule has 0 radical (unpaired) electrons. The highest BCUT2D eigenvalue weighted by Crippen LogP contribution is 2.15. The molecule has 26 heavy (non-hydrogen) atoms. The summed E-state index contributed by atoms with van der Waals surface area (Å²) in [6.07, 6.45) is 0.787. The van der Waals surface area contributed by atoms with Crippen LogP contribution in [0.3, 0.4) is 0 Å². The van der Waals surface area contributed by atoms with E-state index in [-0.39, 0.29) is 10.8 Å². The molecule has 2 rings (SSSR count). The minimum atomic E-state index is -3.80. The Morgan fingerprint density at radius 2 is 1.73 bits per heavy atom. The van der Waals surface area contributed by atoms with E-state index >= 15 is 0 Å². The van der Waals surface area contributed by atoms with Crippen molar-refractivity contribution in [3.05, 3.63) is 65.2 Å². The minimum absolute atomic E-state index is 0.0756. The van der Waals surface area contributed by atoms with Gasteiger partial charge in [0, 0.05) is 18.1 Å². The molecule has 0 aliphatic rings. The molecule has 2 aromatic rings. The fourth-order valence-corrected chi connectivity index (χ4v) is 3.90. The maximum Gasteiger partial charge on any atom is 0.241 e. The van der Waals surface area contributed by atoms with Crippen molar-refractivity contribution >= 4 is 27.5 Å². The average molecular weight is 395 g/mol. The molecule has 1 atom stereocenters. The number of benzene rings is 2. The Labute approximate surface area is 160 Å². The number of nitrogens with zero attached hydrogens (tertiary/aromatic N) is 1. The molecule has 2 aromatic carbocycles. The second-order valence-electron chi connectivity index (χ2n) is 6.04. The summed E-state index contributed by atoms with van der Waals surface area (Å²) < 4.78 is 27.4. The number of carbonyl (C=O) groups is 1. The van der Waals surface area contributed by atoms with E-state index in [1.54, 1.807) is 11.8 Å². The first kappa shape index (κ1) is 20.4. The molecular weight excluding hydrogens is 372 g/mol. The first-order chi connectivity index (χ1) is 12.3. The highest BCUT2D eigenvalue weighted by atomic mass is 35.5. The quantitative estimate of drug-likeness (QED) is 0.745. The molecule has 0 saturated heterocycles. The van der Waals surface area contributed by atoms with Gasteiger partial charge in [0.25, 0.3) is 0 Å². The lowest BCUT2D eigenvalue weighted by molar-refractivity contribution is -0.133. The van der Waals surface area contributed by atoms with Crippen molar-refractivity contribution in [3.8, 4) is 0 Å². The molecule has 0 fully saturated rings. The normalized spacial score (nSPS) is 12.6. The van der Waals surface area contributed by atoms with Crippen LogP contribution in [0.25, 0.3) is 0 Å². The van der Waals surface area contributed by atoms with Gasteiger partial charge in [0.1, 0.15) is 0 Å². The molecule has 0 aliphatic heterocycles. The van der Waals surface area contributed by atoms with Crippen LogP contribution in [0.2, 0.25) is 5.02 Å². The van der Waals surface area contributed by atoms with Gasteiger partial charge in [-0.1, -0.05) is 48.9 Å². The SMILES string of the molecule is CCCN(Cc1ccccc1)C(=O)[C@H](C)NS(=O)(=O)c1ccc(Cl)cc1. The van der Waals surface area contributed by atoms with E-state index in [9.17, 15) is 13.2 Å². The molecule has 0 unspecified atom stereocenters. The van der Waals surface area contributed by atoms with Gasteiger partial charge in [0.05, 0.1) is 10.9 Å². The number of hydrogen-bond donors (Lipinski definition) is 1. The van der Waals surface area contributed by atoms with E-state index in [1.807, 2.05) is 37.3 Å². The van der Waals surface area contributed by atoms with Gasteiger partial charge in [-0.3, -0.25) is 4.79 Å². The lowest BCUT2D eigenvalue weighted by atomic mass is 10.2. The molecule has 0 heterocycles. The summed E-state index contributed by atoms with van der Waals surface area (Å²) in [6.45, 7) is 4.54. The van der Waals surface area contributed by atoms with Crippen LogP contribution in [0.5, 0.6) is 0 Å². The lowest BCUT2D eigenvalue weighted by Crippen LogP contribution is -2.46. The maximum atomic E-state index is 12.8. The monoisotopic (exact) mass is 394 g/mol. The van der Waals surface area contributed by atoms with Crippen LogP contribution >= 0.6 is 11.6 Å². The van der Waals surface area contributed by atoms with Crippen LogP contribution in [0, 0.1) is 0 Å². The van der Waals surface area contributed by atoms with Crippen molar-refractivity contribution in [2.24, 2.45) is 0 Å². The Hall–Kier alpha value is -1.89. The van der Waals surface area contributed by atoms with E-state index < -0.39 is 16.1 Å². The molecular formula is C19H23ClN2O3S. The second kappa shape index (κ2) is 9.16. The fraction of sp³-hybridized carbons (Fsp3) is 0.316. The van der Waals surface area contributed by atoms with Crippen LogP contribution in [0.4, 0.5) is 0 Å². The third kappa shape index (κ3) is 5.56. The van der Waals surface area contributed by atoms with Crippen molar-refractivity contribution in [2.75, 3.05) is 6.54 Å². The Balaban J connectivity index is 2.11. The fourth-order valence-electron chi connectivity index (χ4n) is 2.58. The summed E-state index contributed by atoms with van der Waals surface area (Å²) in [5.41, 5.74) is 1.00. The third-order valence-corrected chi connectivity index (χ3v) is 5.66. The number of carbonyl (C=O) groups excluding carboxylic acids is 1. The van der Waals surface area contributed by atoms with Crippen LogP contribution < -0.4 is 4.72 Å². The van der Waals surface area contributed by atoms with Crippen LogP contribution in [-0.4, -0.2) is 31.8 Å². The first-order valence-corrected chi connectivity index (χ1v) is 10.3. The molecule has 5 nitrogen and oxygen atoms in total. The number of sulfonamides is 1. The topological polar surface area (TPSA) is 66.5 Å². The highest BCUT2D eigenvalue weighted by Gasteiger charge is 2.25. The largest absolute Gasteiger partial charge is 0.337 e. The molecule has 140 valence electrons. The van der Waals surface area contributed by atoms with Gasteiger partial charge in [0.15, 0.2) is 0 Å². The predicted molar refractivity (Wildman–Crippen MR) is 103 cm³/mol. The predicted octanol–water partition coefficient (Wildman–Crippen LogP) is 3.45. The Bertz CT molecular complexity index is 824. The van der Waals surface area contributed by atoms with Gasteiger partial charge in [-0.05, 0) is 43.2 Å². The van der Waals surface area contributed by atoms with E-state index in [1.165, 1.54) is 24.3 Å². The zero-order chi connectivity index (χ0) is 19.2. The standard InChI is InChI=1S/C19H23ClN2O3S/c1-3-13-22(14-16-7-5-4-6-8-16)19(23)15(2)21-26(24,25)18-11-9-17(20)10-12-18/h4-12,15,21H,3,13-14H2,1-2H3/t15-/m0/s1. The van der Waals surface area contributed by atoms with Crippen LogP contribution in [-0.2, 0) is 21.4 Å². The Kier molecular flexibility index (Phi) is 7.20. The van der Waals surface area contributed by atoms with Gasteiger partial charge >= 0.3 is 0 Å². The second-order valence-corrected chi connectivity index (χ2v) is 8.19. The van der Waals surface area contributed by atoms with Crippen LogP contribution in [0.15, 0.2) is 59.5 Å². The van der Waals surface area contributed by atoms with Crippen molar-refractivity contribution in [3.63, 3.8) is 0 Å². The van der Waals surface area contributed by atoms with Crippen molar-refractivity contribution < 1.29 is 13.2 Å². The van der Waals surface area contributed by atoms with Gasteiger partial charge in [-0.2, -0.15) is 4.72 Å². The lowest BCUT2D eigenvalue weighted by Gasteiger charge is -2.26. The third-order valence-electron chi connectivity index (χ3n) is 3.85. The highest BCUT2D eigenvalue weighted by molar-refractivity contribution is 7.89. The van der Waals surface area contributed by atoms with Crippen molar-refractivity contribution in [1.82, 2.24) is 9.62 Å². The first-order valence-electron chi connectivity index (χ1n) is 8.44. The van der Waals surface area contributed by atoms with Crippen molar-refractivity contribution in [1.29, 1.82) is 0 Å². The van der Waals surface area contributed by atoms with E-state index in [2.05, 4.69) is 4.72 Å². The summed E-state index contributed by atoms with van der Waals surface area (Å²) in [7, 11) is -3.80. The molecule has 0 aromatic heterocycles. The molecule has 7 heteroatoms. The van der Waals surface area contributed by atoms with E-state index in [0.717, 1.165) is 12.0 Å². The molecule has 0 bridgehead atoms. The number of rotatable bonds is 8. The summed E-state index contributed by atoms with van der Waals surface area (Å²) >= 11 is 5.80. The molecule has 0 saturated carbocycles. The summed E-state index contributed by atoms with van der Waals surface area (Å²) in [4.78, 5) is 14.5. The zero-order valence-corrected chi connectivity index (χ0v) is 16.4. The number of amides is 1. The number of hydrogen-bond acceptors (Lipinski definition) is 3. The van der Waals surface area contributed by atoms with E-state index in [0.29, 0.717) is 18.1 Å². The van der Waals surface area contributed by atoms with Gasteiger partial charge in [-0.15, -0.1) is 0 Å². The number of nitrogens with one attached hydrogen (secondary N) is 1. The molecule has 0 aliphatic carbocycles. The summed E-state index contributed by atoms with van der Waals surface area (Å²) in [6, 6.07) is 14.6. The summed E-state index contributed by atoms with van der Waals surface area (Å²) in [5, 5.41) is 0.449. The van der Waals surface area contributed by atoms with E-state index in [4.69, 9.17) is 11.6 Å². The van der Waals surface area contributed by atoms with Gasteiger partial charge in [0.2, 0.25) is 15.9 Å². The maximum absolute atomic E-state index is 12.8. The van der Waals surface area contributed by atoms with Gasteiger partial charge < -0.3 is 4.90 Å². The summed E-state index contributed by atoms with van der Waals surface area (Å²) in [5.74, 6) is -0.256. The molecule has 1 amide bonds.